The van der Waals surface area contributed by atoms with E-state index in [1.807, 2.05) is 0 Å². The Balaban J connectivity index is 2.86. The summed E-state index contributed by atoms with van der Waals surface area (Å²) in [5, 5.41) is 2.84. The summed E-state index contributed by atoms with van der Waals surface area (Å²) in [5.41, 5.74) is 4.65. The maximum Gasteiger partial charge on any atom is -0.0146 e. The highest BCUT2D eigenvalue weighted by Gasteiger charge is 2.13. The van der Waals surface area contributed by atoms with Crippen LogP contribution >= 0.6 is 0 Å². The number of aryl methyl sites for hydroxylation is 1. The first-order valence-corrected chi connectivity index (χ1v) is 6.72. The van der Waals surface area contributed by atoms with Crippen LogP contribution in [-0.4, -0.2) is 0 Å². The molecule has 2 rings (SSSR count). The second kappa shape index (κ2) is 4.91. The predicted octanol–water partition coefficient (Wildman–Crippen LogP) is 5.09. The fraction of sp³-hybridized carbons (Fsp3) is 0.412. The lowest BCUT2D eigenvalue weighted by Crippen LogP contribution is -2.01. The summed E-state index contributed by atoms with van der Waals surface area (Å²) in [6.07, 6.45) is 2.27. The minimum absolute atomic E-state index is 0.598. The predicted molar refractivity (Wildman–Crippen MR) is 76.8 cm³/mol. The molecule has 0 aliphatic heterocycles. The van der Waals surface area contributed by atoms with Gasteiger partial charge in [0.25, 0.3) is 0 Å². The van der Waals surface area contributed by atoms with Gasteiger partial charge in [0.2, 0.25) is 0 Å². The molecule has 0 saturated heterocycles. The molecule has 0 spiro atoms. The molecule has 0 bridgehead atoms. The van der Waals surface area contributed by atoms with Crippen molar-refractivity contribution in [3.05, 3.63) is 47.0 Å². The van der Waals surface area contributed by atoms with Crippen LogP contribution in [0, 0.1) is 0 Å². The Morgan fingerprint density at radius 3 is 2.29 bits per heavy atom. The van der Waals surface area contributed by atoms with Gasteiger partial charge in [-0.25, -0.2) is 0 Å². The van der Waals surface area contributed by atoms with Gasteiger partial charge in [-0.1, -0.05) is 58.0 Å². The second-order valence-electron chi connectivity index (χ2n) is 5.01. The molecule has 0 N–H and O–H groups in total. The zero-order valence-electron chi connectivity index (χ0n) is 11.4. The van der Waals surface area contributed by atoms with Gasteiger partial charge >= 0.3 is 0 Å². The number of hydrogen-bond donors (Lipinski definition) is 0. The van der Waals surface area contributed by atoms with Gasteiger partial charge in [0.15, 0.2) is 0 Å². The first kappa shape index (κ1) is 12.2. The van der Waals surface area contributed by atoms with E-state index in [4.69, 9.17) is 0 Å². The zero-order chi connectivity index (χ0) is 12.4. The van der Waals surface area contributed by atoms with Crippen molar-refractivity contribution in [1.29, 1.82) is 0 Å². The molecule has 0 heteroatoms. The van der Waals surface area contributed by atoms with Crippen LogP contribution in [0.15, 0.2) is 30.3 Å². The fourth-order valence-corrected chi connectivity index (χ4v) is 2.87. The minimum Gasteiger partial charge on any atom is -0.0616 e. The Kier molecular flexibility index (Phi) is 3.51. The van der Waals surface area contributed by atoms with Gasteiger partial charge in [0.1, 0.15) is 0 Å². The molecule has 0 amide bonds. The van der Waals surface area contributed by atoms with Crippen molar-refractivity contribution in [2.75, 3.05) is 0 Å². The molecule has 0 aliphatic carbocycles. The van der Waals surface area contributed by atoms with Crippen molar-refractivity contribution in [3.8, 4) is 0 Å². The van der Waals surface area contributed by atoms with Crippen LogP contribution in [0.3, 0.4) is 0 Å². The van der Waals surface area contributed by atoms with Gasteiger partial charge in [-0.3, -0.25) is 0 Å². The van der Waals surface area contributed by atoms with E-state index in [1.54, 1.807) is 11.1 Å². The van der Waals surface area contributed by atoms with E-state index in [2.05, 4.69) is 58.0 Å². The van der Waals surface area contributed by atoms with E-state index >= 15 is 0 Å². The molecule has 0 unspecified atom stereocenters. The molecule has 0 atom stereocenters. The van der Waals surface area contributed by atoms with Crippen LogP contribution in [0.4, 0.5) is 0 Å². The van der Waals surface area contributed by atoms with Crippen LogP contribution in [0.2, 0.25) is 0 Å². The molecular formula is C17H22. The van der Waals surface area contributed by atoms with Crippen LogP contribution in [0.5, 0.6) is 0 Å². The number of rotatable bonds is 3. The van der Waals surface area contributed by atoms with Gasteiger partial charge < -0.3 is 0 Å². The fourth-order valence-electron chi connectivity index (χ4n) is 2.87. The molecule has 0 aromatic heterocycles. The summed E-state index contributed by atoms with van der Waals surface area (Å²) in [7, 11) is 0. The zero-order valence-corrected chi connectivity index (χ0v) is 11.4. The van der Waals surface area contributed by atoms with Crippen molar-refractivity contribution >= 4 is 10.8 Å². The normalized spacial score (nSPS) is 11.4. The minimum atomic E-state index is 0.598. The van der Waals surface area contributed by atoms with E-state index in [0.29, 0.717) is 5.92 Å². The lowest BCUT2D eigenvalue weighted by molar-refractivity contribution is 0.846. The highest BCUT2D eigenvalue weighted by molar-refractivity contribution is 5.88. The monoisotopic (exact) mass is 226 g/mol. The van der Waals surface area contributed by atoms with E-state index < -0.39 is 0 Å². The molecule has 0 fully saturated rings. The molecule has 2 aromatic rings. The lowest BCUT2D eigenvalue weighted by atomic mass is 9.86. The summed E-state index contributed by atoms with van der Waals surface area (Å²) < 4.78 is 0. The van der Waals surface area contributed by atoms with Gasteiger partial charge in [0, 0.05) is 0 Å². The number of hydrogen-bond acceptors (Lipinski definition) is 0. The Bertz CT molecular complexity index is 521. The Labute approximate surface area is 105 Å². The number of benzene rings is 2. The highest BCUT2D eigenvalue weighted by atomic mass is 14.2. The summed E-state index contributed by atoms with van der Waals surface area (Å²) >= 11 is 0. The summed E-state index contributed by atoms with van der Waals surface area (Å²) in [6.45, 7) is 9.14. The summed E-state index contributed by atoms with van der Waals surface area (Å²) in [5.74, 6) is 0.598. The Morgan fingerprint density at radius 2 is 1.71 bits per heavy atom. The maximum absolute atomic E-state index is 2.38. The quantitative estimate of drug-likeness (QED) is 0.684. The van der Waals surface area contributed by atoms with E-state index in [-0.39, 0.29) is 0 Å². The molecule has 0 radical (unpaired) electrons. The Morgan fingerprint density at radius 1 is 1.00 bits per heavy atom. The SMILES string of the molecule is CCc1cc2ccccc2c(C(C)C)c1CC. The Hall–Kier alpha value is -1.30. The first-order valence-electron chi connectivity index (χ1n) is 6.72. The molecule has 17 heavy (non-hydrogen) atoms. The summed E-state index contributed by atoms with van der Waals surface area (Å²) in [4.78, 5) is 0. The molecular weight excluding hydrogens is 204 g/mol. The third kappa shape index (κ3) is 2.09. The van der Waals surface area contributed by atoms with Gasteiger partial charge in [0.05, 0.1) is 0 Å². The topological polar surface area (TPSA) is 0 Å². The van der Waals surface area contributed by atoms with Gasteiger partial charge in [-0.05, 0) is 46.2 Å². The van der Waals surface area contributed by atoms with Crippen molar-refractivity contribution in [2.45, 2.75) is 46.5 Å². The summed E-state index contributed by atoms with van der Waals surface area (Å²) in [6, 6.07) is 11.2. The van der Waals surface area contributed by atoms with Crippen molar-refractivity contribution in [3.63, 3.8) is 0 Å². The van der Waals surface area contributed by atoms with E-state index in [1.165, 1.54) is 16.3 Å². The highest BCUT2D eigenvalue weighted by Crippen LogP contribution is 2.32. The van der Waals surface area contributed by atoms with Gasteiger partial charge in [-0.15, -0.1) is 0 Å². The van der Waals surface area contributed by atoms with Gasteiger partial charge in [-0.2, -0.15) is 0 Å². The van der Waals surface area contributed by atoms with E-state index in [0.717, 1.165) is 12.8 Å². The van der Waals surface area contributed by atoms with Crippen molar-refractivity contribution in [2.24, 2.45) is 0 Å². The third-order valence-electron chi connectivity index (χ3n) is 3.61. The van der Waals surface area contributed by atoms with Crippen molar-refractivity contribution in [1.82, 2.24) is 0 Å². The molecule has 90 valence electrons. The average molecular weight is 226 g/mol. The average Bonchev–Trinajstić information content (AvgIpc) is 2.35. The first-order chi connectivity index (χ1) is 8.19. The molecule has 0 aliphatic rings. The van der Waals surface area contributed by atoms with Crippen LogP contribution in [0.1, 0.15) is 50.3 Å². The largest absolute Gasteiger partial charge is 0.0616 e. The van der Waals surface area contributed by atoms with Crippen LogP contribution in [0.25, 0.3) is 10.8 Å². The lowest BCUT2D eigenvalue weighted by Gasteiger charge is -2.19. The van der Waals surface area contributed by atoms with Crippen LogP contribution in [-0.2, 0) is 12.8 Å². The standard InChI is InChI=1S/C17H22/c1-5-13-11-14-9-7-8-10-16(14)17(12(3)4)15(13)6-2/h7-12H,5-6H2,1-4H3. The van der Waals surface area contributed by atoms with Crippen LogP contribution < -0.4 is 0 Å². The molecule has 2 aromatic carbocycles. The molecule has 0 heterocycles. The van der Waals surface area contributed by atoms with E-state index in [9.17, 15) is 0 Å². The molecule has 0 saturated carbocycles. The maximum atomic E-state index is 2.38. The van der Waals surface area contributed by atoms with Crippen molar-refractivity contribution < 1.29 is 0 Å². The number of fused-ring (bicyclic) bond motifs is 1. The molecule has 0 nitrogen and oxygen atoms in total. The third-order valence-corrected chi connectivity index (χ3v) is 3.61. The second-order valence-corrected chi connectivity index (χ2v) is 5.01. The smallest absolute Gasteiger partial charge is 0.0146 e.